The number of nitrogens with zero attached hydrogens (tertiary/aromatic N) is 4. The molecule has 1 aliphatic heterocycles. The maximum Gasteiger partial charge on any atom is 0.337 e. The first-order valence-corrected chi connectivity index (χ1v) is 14.3. The average molecular weight is 591 g/mol. The van der Waals surface area contributed by atoms with Crippen molar-refractivity contribution in [3.05, 3.63) is 88.1 Å². The molecule has 1 unspecified atom stereocenters. The number of nitrogens with one attached hydrogen (secondary N) is 1. The molecule has 0 saturated heterocycles. The summed E-state index contributed by atoms with van der Waals surface area (Å²) in [5, 5.41) is 21.7. The summed E-state index contributed by atoms with van der Waals surface area (Å²) in [5.74, 6) is -1.79. The van der Waals surface area contributed by atoms with Gasteiger partial charge in [0.05, 0.1) is 36.0 Å². The van der Waals surface area contributed by atoms with Crippen molar-refractivity contribution in [2.75, 3.05) is 23.1 Å². The standard InChI is InChI=1S/C28H23FN6O4S2/c1-39-26(38)16-7-5-15(6-8-16)23-19(13-30)25(31)35(20-3-2-4-21(36)24(20)23)27-33-34-28(41-27)40-14-22(37)32-18-11-9-17(29)10-12-18/h5-12,23H,2-4,14,31H2,1H3,(H,32,37). The molecule has 2 aliphatic rings. The van der Waals surface area contributed by atoms with Crippen LogP contribution in [0.2, 0.25) is 0 Å². The third-order valence-electron chi connectivity index (χ3n) is 6.62. The fourth-order valence-corrected chi connectivity index (χ4v) is 6.46. The van der Waals surface area contributed by atoms with E-state index in [-0.39, 0.29) is 28.8 Å². The maximum absolute atomic E-state index is 13.3. The number of carbonyl (C=O) groups excluding carboxylic acids is 3. The van der Waals surface area contributed by atoms with Crippen molar-refractivity contribution in [1.29, 1.82) is 5.26 Å². The number of nitrogens with two attached hydrogens (primary N) is 1. The van der Waals surface area contributed by atoms with Crippen LogP contribution in [0, 0.1) is 17.1 Å². The van der Waals surface area contributed by atoms with Gasteiger partial charge in [-0.3, -0.25) is 14.5 Å². The number of ketones is 1. The van der Waals surface area contributed by atoms with Crippen LogP contribution >= 0.6 is 23.1 Å². The fraction of sp³-hybridized carbons (Fsp3) is 0.214. The summed E-state index contributed by atoms with van der Waals surface area (Å²) in [7, 11) is 1.29. The molecule has 5 rings (SSSR count). The van der Waals surface area contributed by atoms with Crippen molar-refractivity contribution in [3.8, 4) is 6.07 Å². The first kappa shape index (κ1) is 28.0. The van der Waals surface area contributed by atoms with Gasteiger partial charge in [0.1, 0.15) is 11.6 Å². The van der Waals surface area contributed by atoms with E-state index in [1.807, 2.05) is 0 Å². The Morgan fingerprint density at radius 1 is 1.20 bits per heavy atom. The maximum atomic E-state index is 13.3. The zero-order valence-electron chi connectivity index (χ0n) is 21.7. The Bertz CT molecular complexity index is 1630. The summed E-state index contributed by atoms with van der Waals surface area (Å²) in [4.78, 5) is 39.2. The molecule has 3 aromatic rings. The number of carbonyl (C=O) groups is 3. The van der Waals surface area contributed by atoms with Gasteiger partial charge in [0.2, 0.25) is 11.0 Å². The largest absolute Gasteiger partial charge is 0.465 e. The van der Waals surface area contributed by atoms with E-state index in [0.29, 0.717) is 56.8 Å². The summed E-state index contributed by atoms with van der Waals surface area (Å²) < 4.78 is 18.4. The summed E-state index contributed by atoms with van der Waals surface area (Å²) in [6.45, 7) is 0. The van der Waals surface area contributed by atoms with E-state index >= 15 is 0 Å². The van der Waals surface area contributed by atoms with Gasteiger partial charge in [-0.25, -0.2) is 9.18 Å². The van der Waals surface area contributed by atoms with Crippen molar-refractivity contribution in [1.82, 2.24) is 10.2 Å². The van der Waals surface area contributed by atoms with Crippen LogP contribution in [0.1, 0.15) is 41.1 Å². The van der Waals surface area contributed by atoms with E-state index in [4.69, 9.17) is 10.5 Å². The summed E-state index contributed by atoms with van der Waals surface area (Å²) in [5.41, 5.74) is 9.36. The number of ether oxygens (including phenoxy) is 1. The smallest absolute Gasteiger partial charge is 0.337 e. The molecule has 1 aromatic heterocycles. The Labute approximate surface area is 242 Å². The summed E-state index contributed by atoms with van der Waals surface area (Å²) in [6.07, 6.45) is 1.49. The highest BCUT2D eigenvalue weighted by atomic mass is 32.2. The number of Topliss-reactive ketones (excluding diaryl/α,β-unsaturated/α-hetero) is 1. The number of benzene rings is 2. The van der Waals surface area contributed by atoms with Gasteiger partial charge in [0.15, 0.2) is 10.1 Å². The molecule has 1 aliphatic carbocycles. The zero-order chi connectivity index (χ0) is 29.1. The van der Waals surface area contributed by atoms with Gasteiger partial charge >= 0.3 is 5.97 Å². The molecule has 1 amide bonds. The number of methoxy groups -OCH3 is 1. The van der Waals surface area contributed by atoms with E-state index in [2.05, 4.69) is 21.6 Å². The SMILES string of the molecule is COC(=O)c1ccc(C2C(C#N)=C(N)N(c3nnc(SCC(=O)Nc4ccc(F)cc4)s3)C3=C2C(=O)CCC3)cc1. The van der Waals surface area contributed by atoms with Crippen LogP contribution in [0.3, 0.4) is 0 Å². The van der Waals surface area contributed by atoms with Gasteiger partial charge in [-0.2, -0.15) is 5.26 Å². The Morgan fingerprint density at radius 2 is 1.93 bits per heavy atom. The lowest BCUT2D eigenvalue weighted by Gasteiger charge is -2.38. The van der Waals surface area contributed by atoms with Gasteiger partial charge in [0, 0.05) is 23.4 Å². The molecule has 0 fully saturated rings. The monoisotopic (exact) mass is 590 g/mol. The number of aromatic nitrogens is 2. The second-order valence-electron chi connectivity index (χ2n) is 9.12. The highest BCUT2D eigenvalue weighted by molar-refractivity contribution is 8.01. The molecule has 13 heteroatoms. The van der Waals surface area contributed by atoms with Crippen LogP contribution in [-0.2, 0) is 14.3 Å². The second-order valence-corrected chi connectivity index (χ2v) is 11.3. The Balaban J connectivity index is 1.42. The number of allylic oxidation sites excluding steroid dienone is 3. The number of hydrogen-bond donors (Lipinski definition) is 2. The average Bonchev–Trinajstić information content (AvgIpc) is 3.45. The van der Waals surface area contributed by atoms with Crippen molar-refractivity contribution in [2.45, 2.75) is 29.5 Å². The molecule has 0 spiro atoms. The van der Waals surface area contributed by atoms with Crippen LogP contribution in [0.5, 0.6) is 0 Å². The molecule has 0 bridgehead atoms. The van der Waals surface area contributed by atoms with Crippen molar-refractivity contribution >= 4 is 51.6 Å². The molecule has 208 valence electrons. The molecule has 1 atom stereocenters. The number of amides is 1. The first-order chi connectivity index (χ1) is 19.8. The van der Waals surface area contributed by atoms with Crippen LogP contribution in [-0.4, -0.2) is 40.7 Å². The highest BCUT2D eigenvalue weighted by Gasteiger charge is 2.41. The molecule has 41 heavy (non-hydrogen) atoms. The zero-order valence-corrected chi connectivity index (χ0v) is 23.4. The van der Waals surface area contributed by atoms with Crippen LogP contribution in [0.25, 0.3) is 0 Å². The van der Waals surface area contributed by atoms with Crippen molar-refractivity contribution < 1.29 is 23.5 Å². The van der Waals surface area contributed by atoms with Gasteiger partial charge in [0.25, 0.3) is 0 Å². The normalized spacial score (nSPS) is 16.8. The number of halogens is 1. The van der Waals surface area contributed by atoms with Crippen LogP contribution in [0.15, 0.2) is 75.5 Å². The molecule has 3 N–H and O–H groups in total. The minimum atomic E-state index is -0.692. The van der Waals surface area contributed by atoms with Crippen LogP contribution in [0.4, 0.5) is 15.2 Å². The molecule has 0 radical (unpaired) electrons. The molecular formula is C28H23FN6O4S2. The Hall–Kier alpha value is -4.54. The topological polar surface area (TPSA) is 151 Å². The highest BCUT2D eigenvalue weighted by Crippen LogP contribution is 2.47. The number of rotatable bonds is 7. The van der Waals surface area contributed by atoms with E-state index in [9.17, 15) is 24.0 Å². The molecule has 2 heterocycles. The lowest BCUT2D eigenvalue weighted by Crippen LogP contribution is -2.38. The van der Waals surface area contributed by atoms with Gasteiger partial charge in [-0.15, -0.1) is 10.2 Å². The Morgan fingerprint density at radius 3 is 2.61 bits per heavy atom. The Kier molecular flexibility index (Phi) is 8.14. The summed E-state index contributed by atoms with van der Waals surface area (Å²) >= 11 is 2.35. The number of thioether (sulfide) groups is 1. The van der Waals surface area contributed by atoms with E-state index in [1.54, 1.807) is 29.2 Å². The summed E-state index contributed by atoms with van der Waals surface area (Å²) in [6, 6.07) is 14.2. The molecule has 0 saturated carbocycles. The van der Waals surface area contributed by atoms with Crippen molar-refractivity contribution in [3.63, 3.8) is 0 Å². The number of nitriles is 1. The predicted molar refractivity (Wildman–Crippen MR) is 151 cm³/mol. The molecular weight excluding hydrogens is 567 g/mol. The lowest BCUT2D eigenvalue weighted by molar-refractivity contribution is -0.116. The molecule has 2 aromatic carbocycles. The second kappa shape index (κ2) is 11.9. The minimum absolute atomic E-state index is 0.0385. The molecule has 10 nitrogen and oxygen atoms in total. The third-order valence-corrected chi connectivity index (χ3v) is 8.66. The van der Waals surface area contributed by atoms with E-state index in [1.165, 1.54) is 54.5 Å². The number of esters is 1. The quantitative estimate of drug-likeness (QED) is 0.297. The van der Waals surface area contributed by atoms with E-state index < -0.39 is 17.7 Å². The first-order valence-electron chi connectivity index (χ1n) is 12.5. The lowest BCUT2D eigenvalue weighted by atomic mass is 9.75. The van der Waals surface area contributed by atoms with Gasteiger partial charge in [-0.05, 0) is 54.8 Å². The predicted octanol–water partition coefficient (Wildman–Crippen LogP) is 4.50. The number of anilines is 2. The van der Waals surface area contributed by atoms with Crippen LogP contribution < -0.4 is 16.0 Å². The van der Waals surface area contributed by atoms with Gasteiger partial charge < -0.3 is 15.8 Å². The fourth-order valence-electron chi connectivity index (χ4n) is 4.78. The third kappa shape index (κ3) is 5.70. The van der Waals surface area contributed by atoms with Gasteiger partial charge in [-0.1, -0.05) is 35.2 Å². The van der Waals surface area contributed by atoms with E-state index in [0.717, 1.165) is 0 Å². The number of hydrogen-bond acceptors (Lipinski definition) is 11. The van der Waals surface area contributed by atoms with Crippen molar-refractivity contribution in [2.24, 2.45) is 5.73 Å². The minimum Gasteiger partial charge on any atom is -0.465 e.